The van der Waals surface area contributed by atoms with E-state index in [1.165, 1.54) is 0 Å². The maximum absolute atomic E-state index is 12.7. The fourth-order valence-electron chi connectivity index (χ4n) is 3.09. The third-order valence-electron chi connectivity index (χ3n) is 4.19. The first-order valence-corrected chi connectivity index (χ1v) is 7.82. The summed E-state index contributed by atoms with van der Waals surface area (Å²) in [5.41, 5.74) is -0.815. The molecule has 0 radical (unpaired) electrons. The van der Waals surface area contributed by atoms with Crippen molar-refractivity contribution in [1.82, 2.24) is 4.98 Å². The van der Waals surface area contributed by atoms with Crippen LogP contribution in [0.15, 0.2) is 24.5 Å². The van der Waals surface area contributed by atoms with Crippen molar-refractivity contribution in [2.45, 2.75) is 39.0 Å². The lowest BCUT2D eigenvalue weighted by molar-refractivity contribution is -0.176. The summed E-state index contributed by atoms with van der Waals surface area (Å²) in [4.78, 5) is 41.4. The number of Topliss-reactive ketones (excluding diaryl/α,β-unsaturated/α-hetero) is 1. The van der Waals surface area contributed by atoms with Gasteiger partial charge in [-0.25, -0.2) is 0 Å². The second kappa shape index (κ2) is 7.35. The van der Waals surface area contributed by atoms with Gasteiger partial charge in [-0.15, -0.1) is 0 Å². The van der Waals surface area contributed by atoms with Gasteiger partial charge in [0.25, 0.3) is 0 Å². The molecule has 124 valence electrons. The van der Waals surface area contributed by atoms with Gasteiger partial charge in [0, 0.05) is 31.2 Å². The molecule has 1 aromatic rings. The lowest BCUT2D eigenvalue weighted by Gasteiger charge is -2.39. The van der Waals surface area contributed by atoms with Gasteiger partial charge in [0.1, 0.15) is 5.78 Å². The Hall–Kier alpha value is -2.24. The summed E-state index contributed by atoms with van der Waals surface area (Å²) in [5, 5.41) is 0. The predicted octanol–water partition coefficient (Wildman–Crippen LogP) is 2.03. The minimum atomic E-state index is -1.48. The highest BCUT2D eigenvalue weighted by molar-refractivity contribution is 6.03. The van der Waals surface area contributed by atoms with Crippen molar-refractivity contribution in [2.75, 3.05) is 13.2 Å². The normalized spacial score (nSPS) is 19.9. The summed E-state index contributed by atoms with van der Waals surface area (Å²) in [6, 6.07) is 3.49. The molecule has 0 aliphatic heterocycles. The zero-order valence-corrected chi connectivity index (χ0v) is 13.4. The molecule has 0 N–H and O–H groups in total. The molecule has 1 fully saturated rings. The molecule has 1 aromatic heterocycles. The quantitative estimate of drug-likeness (QED) is 0.610. The predicted molar refractivity (Wildman–Crippen MR) is 81.5 cm³/mol. The van der Waals surface area contributed by atoms with Gasteiger partial charge in [-0.1, -0.05) is 6.07 Å². The van der Waals surface area contributed by atoms with Gasteiger partial charge < -0.3 is 9.47 Å². The van der Waals surface area contributed by atoms with E-state index in [2.05, 4.69) is 4.98 Å². The summed E-state index contributed by atoms with van der Waals surface area (Å²) < 4.78 is 10.3. The Morgan fingerprint density at radius 3 is 2.43 bits per heavy atom. The van der Waals surface area contributed by atoms with Crippen molar-refractivity contribution in [3.63, 3.8) is 0 Å². The minimum absolute atomic E-state index is 0.0167. The summed E-state index contributed by atoms with van der Waals surface area (Å²) in [6.45, 7) is 3.69. The Kier molecular flexibility index (Phi) is 5.47. The number of hydrogen-bond acceptors (Lipinski definition) is 6. The molecule has 0 saturated heterocycles. The SMILES string of the molecule is CCOC(=O)C1(C(=O)OCC)CCC(=O)CC1c1cccnc1. The van der Waals surface area contributed by atoms with E-state index < -0.39 is 23.3 Å². The molecular formula is C17H21NO5. The van der Waals surface area contributed by atoms with E-state index in [4.69, 9.17) is 9.47 Å². The van der Waals surface area contributed by atoms with Crippen LogP contribution >= 0.6 is 0 Å². The molecule has 1 aliphatic rings. The third-order valence-corrected chi connectivity index (χ3v) is 4.19. The Bertz CT molecular complexity index is 566. The first-order valence-electron chi connectivity index (χ1n) is 7.82. The molecule has 6 heteroatoms. The molecule has 1 saturated carbocycles. The summed E-state index contributed by atoms with van der Waals surface area (Å²) in [7, 11) is 0. The van der Waals surface area contributed by atoms with Crippen molar-refractivity contribution < 1.29 is 23.9 Å². The van der Waals surface area contributed by atoms with Crippen LogP contribution in [0.4, 0.5) is 0 Å². The fraction of sp³-hybridized carbons (Fsp3) is 0.529. The van der Waals surface area contributed by atoms with Gasteiger partial charge in [-0.3, -0.25) is 19.4 Å². The second-order valence-electron chi connectivity index (χ2n) is 5.49. The Balaban J connectivity index is 2.52. The van der Waals surface area contributed by atoms with Gasteiger partial charge in [0.2, 0.25) is 0 Å². The van der Waals surface area contributed by atoms with Crippen LogP contribution in [0.5, 0.6) is 0 Å². The number of pyridine rings is 1. The molecule has 1 heterocycles. The van der Waals surface area contributed by atoms with E-state index in [0.29, 0.717) is 5.56 Å². The second-order valence-corrected chi connectivity index (χ2v) is 5.49. The van der Waals surface area contributed by atoms with Crippen LogP contribution in [-0.2, 0) is 23.9 Å². The van der Waals surface area contributed by atoms with Crippen LogP contribution in [0.25, 0.3) is 0 Å². The molecule has 1 aliphatic carbocycles. The first kappa shape index (κ1) is 17.1. The lowest BCUT2D eigenvalue weighted by atomic mass is 9.63. The summed E-state index contributed by atoms with van der Waals surface area (Å²) in [5.74, 6) is -1.85. The first-order chi connectivity index (χ1) is 11.1. The average Bonchev–Trinajstić information content (AvgIpc) is 2.56. The van der Waals surface area contributed by atoms with Crippen molar-refractivity contribution in [2.24, 2.45) is 5.41 Å². The number of ether oxygens (including phenoxy) is 2. The largest absolute Gasteiger partial charge is 0.465 e. The molecule has 0 bridgehead atoms. The van der Waals surface area contributed by atoms with Gasteiger partial charge in [0.05, 0.1) is 13.2 Å². The fourth-order valence-corrected chi connectivity index (χ4v) is 3.09. The van der Waals surface area contributed by atoms with Crippen LogP contribution in [0.1, 0.15) is 44.6 Å². The zero-order chi connectivity index (χ0) is 16.9. The number of carbonyl (C=O) groups is 3. The number of carbonyl (C=O) groups excluding carboxylic acids is 3. The Morgan fingerprint density at radius 2 is 1.91 bits per heavy atom. The number of esters is 2. The number of nitrogens with zero attached hydrogens (tertiary/aromatic N) is 1. The van der Waals surface area contributed by atoms with Crippen LogP contribution in [-0.4, -0.2) is 35.9 Å². The Labute approximate surface area is 135 Å². The molecule has 1 atom stereocenters. The average molecular weight is 319 g/mol. The molecular weight excluding hydrogens is 298 g/mol. The van der Waals surface area contributed by atoms with Crippen LogP contribution < -0.4 is 0 Å². The Morgan fingerprint density at radius 1 is 1.26 bits per heavy atom. The highest BCUT2D eigenvalue weighted by atomic mass is 16.6. The zero-order valence-electron chi connectivity index (χ0n) is 13.4. The van der Waals surface area contributed by atoms with Crippen molar-refractivity contribution in [1.29, 1.82) is 0 Å². The number of aromatic nitrogens is 1. The lowest BCUT2D eigenvalue weighted by Crippen LogP contribution is -2.50. The van der Waals surface area contributed by atoms with E-state index in [1.807, 2.05) is 0 Å². The van der Waals surface area contributed by atoms with Crippen molar-refractivity contribution in [3.8, 4) is 0 Å². The van der Waals surface area contributed by atoms with Crippen LogP contribution in [0.2, 0.25) is 0 Å². The van der Waals surface area contributed by atoms with Gasteiger partial charge in [-0.2, -0.15) is 0 Å². The molecule has 1 unspecified atom stereocenters. The molecule has 2 rings (SSSR count). The summed E-state index contributed by atoms with van der Waals surface area (Å²) >= 11 is 0. The van der Waals surface area contributed by atoms with E-state index >= 15 is 0 Å². The van der Waals surface area contributed by atoms with Crippen molar-refractivity contribution >= 4 is 17.7 Å². The third kappa shape index (κ3) is 3.25. The van der Waals surface area contributed by atoms with Gasteiger partial charge in [0.15, 0.2) is 5.41 Å². The van der Waals surface area contributed by atoms with Crippen molar-refractivity contribution in [3.05, 3.63) is 30.1 Å². The van der Waals surface area contributed by atoms with Crippen LogP contribution in [0.3, 0.4) is 0 Å². The molecule has 6 nitrogen and oxygen atoms in total. The highest BCUT2D eigenvalue weighted by Gasteiger charge is 2.57. The topological polar surface area (TPSA) is 82.6 Å². The van der Waals surface area contributed by atoms with Crippen LogP contribution in [0, 0.1) is 5.41 Å². The molecule has 23 heavy (non-hydrogen) atoms. The smallest absolute Gasteiger partial charge is 0.324 e. The number of hydrogen-bond donors (Lipinski definition) is 0. The van der Waals surface area contributed by atoms with E-state index in [-0.39, 0.29) is 38.3 Å². The number of rotatable bonds is 5. The molecule has 0 aromatic carbocycles. The number of ketones is 1. The molecule has 0 spiro atoms. The molecule has 0 amide bonds. The van der Waals surface area contributed by atoms with E-state index in [1.54, 1.807) is 38.4 Å². The monoisotopic (exact) mass is 319 g/mol. The standard InChI is InChI=1S/C17H21NO5/c1-3-22-15(20)17(16(21)23-4-2)8-7-13(19)10-14(17)12-6-5-9-18-11-12/h5-6,9,11,14H,3-4,7-8,10H2,1-2H3. The van der Waals surface area contributed by atoms with E-state index in [9.17, 15) is 14.4 Å². The summed E-state index contributed by atoms with van der Waals surface area (Å²) in [6.07, 6.45) is 3.54. The van der Waals surface area contributed by atoms with E-state index in [0.717, 1.165) is 0 Å². The van der Waals surface area contributed by atoms with Gasteiger partial charge >= 0.3 is 11.9 Å². The highest BCUT2D eigenvalue weighted by Crippen LogP contribution is 2.48. The minimum Gasteiger partial charge on any atom is -0.465 e. The maximum Gasteiger partial charge on any atom is 0.324 e. The maximum atomic E-state index is 12.7. The van der Waals surface area contributed by atoms with Gasteiger partial charge in [-0.05, 0) is 31.9 Å².